The van der Waals surface area contributed by atoms with E-state index in [-0.39, 0.29) is 22.8 Å². The number of ether oxygens (including phenoxy) is 2. The second kappa shape index (κ2) is 11.4. The van der Waals surface area contributed by atoms with Crippen LogP contribution in [0.15, 0.2) is 83.8 Å². The van der Waals surface area contributed by atoms with Gasteiger partial charge in [0.15, 0.2) is 5.54 Å². The minimum Gasteiger partial charge on any atom is -0.463 e. The van der Waals surface area contributed by atoms with Gasteiger partial charge in [-0.3, -0.25) is 4.79 Å². The molecular formula is C27H29NO7S. The van der Waals surface area contributed by atoms with Crippen molar-refractivity contribution in [1.82, 2.24) is 0 Å². The highest BCUT2D eigenvalue weighted by Crippen LogP contribution is 2.28. The Morgan fingerprint density at radius 1 is 0.917 bits per heavy atom. The summed E-state index contributed by atoms with van der Waals surface area (Å²) in [6.45, 7) is 5.18. The van der Waals surface area contributed by atoms with E-state index in [4.69, 9.17) is 19.4 Å². The third-order valence-electron chi connectivity index (χ3n) is 5.25. The van der Waals surface area contributed by atoms with Crippen molar-refractivity contribution in [3.63, 3.8) is 0 Å². The summed E-state index contributed by atoms with van der Waals surface area (Å²) in [7, 11) is -4.06. The van der Waals surface area contributed by atoms with Crippen LogP contribution >= 0.6 is 0 Å². The predicted molar refractivity (Wildman–Crippen MR) is 133 cm³/mol. The normalized spacial score (nSPS) is 13.0. The molecule has 0 heterocycles. The number of hydrogen-bond donors (Lipinski definition) is 1. The first-order valence-corrected chi connectivity index (χ1v) is 12.7. The maximum atomic E-state index is 13.1. The number of benzene rings is 3. The van der Waals surface area contributed by atoms with Crippen LogP contribution in [0.5, 0.6) is 5.75 Å². The number of aryl methyl sites for hydroxylation is 1. The Bertz CT molecular complexity index is 1290. The Hall–Kier alpha value is -3.69. The molecule has 0 aliphatic heterocycles. The van der Waals surface area contributed by atoms with Gasteiger partial charge in [-0.15, -0.1) is 0 Å². The van der Waals surface area contributed by atoms with Gasteiger partial charge in [0.05, 0.1) is 12.5 Å². The molecule has 1 unspecified atom stereocenters. The lowest BCUT2D eigenvalue weighted by molar-refractivity contribution is -0.159. The summed E-state index contributed by atoms with van der Waals surface area (Å²) in [5, 5.41) is 0. The molecule has 0 bridgehead atoms. The summed E-state index contributed by atoms with van der Waals surface area (Å²) in [6, 6.07) is 20.8. The third-order valence-corrected chi connectivity index (χ3v) is 6.51. The van der Waals surface area contributed by atoms with E-state index in [1.807, 2.05) is 25.1 Å². The van der Waals surface area contributed by atoms with Crippen molar-refractivity contribution in [1.29, 1.82) is 0 Å². The van der Waals surface area contributed by atoms with Crippen LogP contribution in [-0.2, 0) is 41.3 Å². The fourth-order valence-electron chi connectivity index (χ4n) is 3.36. The van der Waals surface area contributed by atoms with Gasteiger partial charge in [-0.25, -0.2) is 4.79 Å². The number of carbonyl (C=O) groups excluding carboxylic acids is 2. The van der Waals surface area contributed by atoms with Gasteiger partial charge in [-0.2, -0.15) is 8.42 Å². The zero-order valence-corrected chi connectivity index (χ0v) is 21.2. The molecule has 0 aromatic heterocycles. The van der Waals surface area contributed by atoms with Crippen molar-refractivity contribution in [2.24, 2.45) is 5.73 Å². The Morgan fingerprint density at radius 2 is 1.53 bits per heavy atom. The van der Waals surface area contributed by atoms with Crippen LogP contribution in [0.4, 0.5) is 0 Å². The topological polar surface area (TPSA) is 122 Å². The second-order valence-corrected chi connectivity index (χ2v) is 10.2. The number of rotatable bonds is 10. The molecule has 9 heteroatoms. The van der Waals surface area contributed by atoms with E-state index in [0.29, 0.717) is 0 Å². The maximum absolute atomic E-state index is 13.1. The smallest absolute Gasteiger partial charge is 0.339 e. The molecule has 2 N–H and O–H groups in total. The first-order chi connectivity index (χ1) is 17.0. The fraction of sp³-hybridized carbons (Fsp3) is 0.259. The SMILES string of the molecule is Cc1ccc(S(=O)(=O)Oc2ccc(C(N)(CC(=O)OC(C)C)C(=O)OCc3ccccc3)cc2)cc1. The molecule has 0 aliphatic carbocycles. The summed E-state index contributed by atoms with van der Waals surface area (Å²) in [6.07, 6.45) is -0.870. The van der Waals surface area contributed by atoms with E-state index in [9.17, 15) is 18.0 Å². The first kappa shape index (κ1) is 26.9. The lowest BCUT2D eigenvalue weighted by atomic mass is 9.87. The molecule has 0 fully saturated rings. The zero-order chi connectivity index (χ0) is 26.3. The molecular weight excluding hydrogens is 482 g/mol. The molecule has 3 aromatic carbocycles. The van der Waals surface area contributed by atoms with Crippen molar-refractivity contribution in [3.8, 4) is 5.75 Å². The van der Waals surface area contributed by atoms with Gasteiger partial charge in [-0.05, 0) is 56.2 Å². The number of carbonyl (C=O) groups is 2. The molecule has 8 nitrogen and oxygen atoms in total. The van der Waals surface area contributed by atoms with Crippen LogP contribution in [0.3, 0.4) is 0 Å². The second-order valence-electron chi connectivity index (χ2n) is 8.62. The fourth-order valence-corrected chi connectivity index (χ4v) is 4.29. The molecule has 190 valence electrons. The minimum atomic E-state index is -4.06. The predicted octanol–water partition coefficient (Wildman–Crippen LogP) is 4.00. The van der Waals surface area contributed by atoms with Gasteiger partial charge in [-0.1, -0.05) is 60.2 Å². The highest BCUT2D eigenvalue weighted by atomic mass is 32.2. The Labute approximate surface area is 211 Å². The molecule has 3 aromatic rings. The van der Waals surface area contributed by atoms with Gasteiger partial charge in [0.2, 0.25) is 0 Å². The number of nitrogens with two attached hydrogens (primary N) is 1. The van der Waals surface area contributed by atoms with Gasteiger partial charge in [0.1, 0.15) is 17.3 Å². The summed E-state index contributed by atoms with van der Waals surface area (Å²) in [4.78, 5) is 25.6. The van der Waals surface area contributed by atoms with Crippen molar-refractivity contribution in [2.45, 2.75) is 50.3 Å². The van der Waals surface area contributed by atoms with Gasteiger partial charge in [0.25, 0.3) is 0 Å². The quantitative estimate of drug-likeness (QED) is 0.320. The highest BCUT2D eigenvalue weighted by Gasteiger charge is 2.41. The molecule has 0 amide bonds. The Kier molecular flexibility index (Phi) is 8.49. The summed E-state index contributed by atoms with van der Waals surface area (Å²) < 4.78 is 41.0. The maximum Gasteiger partial charge on any atom is 0.339 e. The minimum absolute atomic E-state index is 0.00580. The van der Waals surface area contributed by atoms with Crippen molar-refractivity contribution < 1.29 is 31.7 Å². The van der Waals surface area contributed by atoms with E-state index >= 15 is 0 Å². The van der Waals surface area contributed by atoms with Gasteiger partial charge >= 0.3 is 22.1 Å². The van der Waals surface area contributed by atoms with Gasteiger partial charge < -0.3 is 19.4 Å². The van der Waals surface area contributed by atoms with Crippen LogP contribution in [-0.4, -0.2) is 26.5 Å². The lowest BCUT2D eigenvalue weighted by Gasteiger charge is -2.27. The zero-order valence-electron chi connectivity index (χ0n) is 20.3. The molecule has 0 spiro atoms. The van der Waals surface area contributed by atoms with Crippen LogP contribution in [0, 0.1) is 6.92 Å². The third kappa shape index (κ3) is 6.93. The van der Waals surface area contributed by atoms with Gasteiger partial charge in [0, 0.05) is 0 Å². The van der Waals surface area contributed by atoms with E-state index in [0.717, 1.165) is 11.1 Å². The van der Waals surface area contributed by atoms with E-state index in [1.54, 1.807) is 38.1 Å². The van der Waals surface area contributed by atoms with E-state index in [2.05, 4.69) is 0 Å². The van der Waals surface area contributed by atoms with Crippen LogP contribution in [0.1, 0.15) is 37.0 Å². The average molecular weight is 512 g/mol. The van der Waals surface area contributed by atoms with E-state index in [1.165, 1.54) is 36.4 Å². The summed E-state index contributed by atoms with van der Waals surface area (Å²) in [5.74, 6) is -1.48. The molecule has 1 atom stereocenters. The first-order valence-electron chi connectivity index (χ1n) is 11.3. The number of hydrogen-bond acceptors (Lipinski definition) is 8. The summed E-state index contributed by atoms with van der Waals surface area (Å²) in [5.41, 5.74) is 6.49. The van der Waals surface area contributed by atoms with Crippen LogP contribution in [0.2, 0.25) is 0 Å². The standard InChI is InChI=1S/C27H29NO7S/c1-19(2)34-25(29)17-27(28,26(30)33-18-21-7-5-4-6-8-21)22-11-13-23(14-12-22)35-36(31,32)24-15-9-20(3)10-16-24/h4-16,19H,17-18,28H2,1-3H3. The van der Waals surface area contributed by atoms with Crippen molar-refractivity contribution in [2.75, 3.05) is 0 Å². The largest absolute Gasteiger partial charge is 0.463 e. The molecule has 36 heavy (non-hydrogen) atoms. The molecule has 0 saturated carbocycles. The monoisotopic (exact) mass is 511 g/mol. The molecule has 0 aliphatic rings. The Morgan fingerprint density at radius 3 is 2.11 bits per heavy atom. The molecule has 0 saturated heterocycles. The highest BCUT2D eigenvalue weighted by molar-refractivity contribution is 7.87. The average Bonchev–Trinajstić information content (AvgIpc) is 2.83. The number of esters is 2. The Balaban J connectivity index is 1.83. The molecule has 3 rings (SSSR count). The van der Waals surface area contributed by atoms with Crippen LogP contribution < -0.4 is 9.92 Å². The van der Waals surface area contributed by atoms with Crippen molar-refractivity contribution >= 4 is 22.1 Å². The molecule has 0 radical (unpaired) electrons. The van der Waals surface area contributed by atoms with Crippen molar-refractivity contribution in [3.05, 3.63) is 95.6 Å². The summed E-state index contributed by atoms with van der Waals surface area (Å²) >= 11 is 0. The van der Waals surface area contributed by atoms with E-state index < -0.39 is 40.1 Å². The lowest BCUT2D eigenvalue weighted by Crippen LogP contribution is -2.48. The van der Waals surface area contributed by atoms with Crippen LogP contribution in [0.25, 0.3) is 0 Å².